The highest BCUT2D eigenvalue weighted by atomic mass is 16.4. The molecule has 0 saturated heterocycles. The molecule has 0 aliphatic rings. The van der Waals surface area contributed by atoms with Crippen molar-refractivity contribution in [2.75, 3.05) is 0 Å². The smallest absolute Gasteiger partial charge is 0.340 e. The molecule has 1 aromatic heterocycles. The quantitative estimate of drug-likeness (QED) is 0.709. The van der Waals surface area contributed by atoms with Gasteiger partial charge >= 0.3 is 11.9 Å². The molecule has 86 valence electrons. The van der Waals surface area contributed by atoms with Crippen LogP contribution in [-0.2, 0) is 6.42 Å². The van der Waals surface area contributed by atoms with E-state index in [1.165, 1.54) is 0 Å². The number of aryl methyl sites for hydroxylation is 1. The number of carboxylic acids is 2. The van der Waals surface area contributed by atoms with Crippen LogP contribution in [0.4, 0.5) is 0 Å². The minimum atomic E-state index is -1.48. The Hall–Kier alpha value is -2.11. The minimum absolute atomic E-state index is 0.199. The molecular weight excluding hydrogens is 214 g/mol. The van der Waals surface area contributed by atoms with Gasteiger partial charge in [-0.2, -0.15) is 0 Å². The molecule has 0 fully saturated rings. The fourth-order valence-corrected chi connectivity index (χ4v) is 1.34. The number of hydrogen-bond acceptors (Lipinski definition) is 4. The lowest BCUT2D eigenvalue weighted by Gasteiger charge is -2.07. The third kappa shape index (κ3) is 2.10. The maximum absolute atomic E-state index is 10.9. The zero-order chi connectivity index (χ0) is 12.3. The molecule has 0 spiro atoms. The third-order valence-electron chi connectivity index (χ3n) is 2.06. The van der Waals surface area contributed by atoms with Crippen molar-refractivity contribution in [1.29, 1.82) is 0 Å². The minimum Gasteiger partial charge on any atom is -0.505 e. The van der Waals surface area contributed by atoms with Gasteiger partial charge in [0, 0.05) is 6.20 Å². The first-order valence-electron chi connectivity index (χ1n) is 4.66. The molecule has 0 aliphatic heterocycles. The van der Waals surface area contributed by atoms with E-state index in [9.17, 15) is 14.7 Å². The van der Waals surface area contributed by atoms with Gasteiger partial charge in [-0.25, -0.2) is 9.59 Å². The summed E-state index contributed by atoms with van der Waals surface area (Å²) in [6, 6.07) is 0. The van der Waals surface area contributed by atoms with E-state index in [1.54, 1.807) is 0 Å². The maximum Gasteiger partial charge on any atom is 0.340 e. The van der Waals surface area contributed by atoms with Gasteiger partial charge in [-0.05, 0) is 6.42 Å². The summed E-state index contributed by atoms with van der Waals surface area (Å²) in [6.07, 6.45) is 2.02. The Morgan fingerprint density at radius 1 is 1.31 bits per heavy atom. The first-order valence-corrected chi connectivity index (χ1v) is 4.66. The summed E-state index contributed by atoms with van der Waals surface area (Å²) in [5, 5.41) is 27.2. The van der Waals surface area contributed by atoms with Crippen LogP contribution in [-0.4, -0.2) is 32.2 Å². The lowest BCUT2D eigenvalue weighted by Crippen LogP contribution is -2.11. The molecule has 1 aromatic rings. The molecule has 1 heterocycles. The summed E-state index contributed by atoms with van der Waals surface area (Å²) in [4.78, 5) is 25.3. The number of nitrogens with zero attached hydrogens (tertiary/aromatic N) is 1. The van der Waals surface area contributed by atoms with Crippen LogP contribution in [0.2, 0.25) is 0 Å². The van der Waals surface area contributed by atoms with E-state index >= 15 is 0 Å². The van der Waals surface area contributed by atoms with Gasteiger partial charge in [0.1, 0.15) is 5.56 Å². The standard InChI is InChI=1S/C10H11NO5/c1-2-3-6-8(12)7(10(15)16)5(4-11-6)9(13)14/h4,12H,2-3H2,1H3,(H,13,14)(H,15,16). The van der Waals surface area contributed by atoms with Crippen LogP contribution in [0.15, 0.2) is 6.20 Å². The Labute approximate surface area is 91.2 Å². The van der Waals surface area contributed by atoms with Gasteiger partial charge in [0.05, 0.1) is 11.3 Å². The van der Waals surface area contributed by atoms with Crippen LogP contribution < -0.4 is 0 Å². The summed E-state index contributed by atoms with van der Waals surface area (Å²) >= 11 is 0. The Balaban J connectivity index is 3.41. The van der Waals surface area contributed by atoms with Crippen LogP contribution in [0.3, 0.4) is 0 Å². The highest BCUT2D eigenvalue weighted by molar-refractivity contribution is 6.03. The number of carbonyl (C=O) groups is 2. The van der Waals surface area contributed by atoms with E-state index in [4.69, 9.17) is 10.2 Å². The Morgan fingerprint density at radius 2 is 1.94 bits per heavy atom. The molecule has 0 unspecified atom stereocenters. The Morgan fingerprint density at radius 3 is 2.38 bits per heavy atom. The highest BCUT2D eigenvalue weighted by Crippen LogP contribution is 2.25. The van der Waals surface area contributed by atoms with Crippen LogP contribution in [0.25, 0.3) is 0 Å². The van der Waals surface area contributed by atoms with Crippen molar-refractivity contribution >= 4 is 11.9 Å². The van der Waals surface area contributed by atoms with Gasteiger partial charge in [0.25, 0.3) is 0 Å². The lowest BCUT2D eigenvalue weighted by molar-refractivity contribution is 0.0647. The second-order valence-corrected chi connectivity index (χ2v) is 3.20. The first kappa shape index (κ1) is 12.0. The van der Waals surface area contributed by atoms with Crippen molar-refractivity contribution in [2.45, 2.75) is 19.8 Å². The van der Waals surface area contributed by atoms with Crippen molar-refractivity contribution in [2.24, 2.45) is 0 Å². The van der Waals surface area contributed by atoms with Gasteiger partial charge < -0.3 is 15.3 Å². The maximum atomic E-state index is 10.9. The molecule has 0 bridgehead atoms. The average molecular weight is 225 g/mol. The van der Waals surface area contributed by atoms with Crippen molar-refractivity contribution < 1.29 is 24.9 Å². The number of pyridine rings is 1. The second kappa shape index (κ2) is 4.61. The average Bonchev–Trinajstić information content (AvgIpc) is 2.20. The second-order valence-electron chi connectivity index (χ2n) is 3.20. The predicted octanol–water partition coefficient (Wildman–Crippen LogP) is 1.14. The van der Waals surface area contributed by atoms with Crippen molar-refractivity contribution in [3.63, 3.8) is 0 Å². The molecule has 6 heteroatoms. The molecule has 0 atom stereocenters. The Bertz CT molecular complexity index is 441. The van der Waals surface area contributed by atoms with E-state index in [1.807, 2.05) is 6.92 Å². The zero-order valence-corrected chi connectivity index (χ0v) is 8.60. The monoisotopic (exact) mass is 225 g/mol. The molecule has 0 amide bonds. The SMILES string of the molecule is CCCc1ncc(C(=O)O)c(C(=O)O)c1O. The van der Waals surface area contributed by atoms with Gasteiger partial charge in [0.15, 0.2) is 5.75 Å². The summed E-state index contributed by atoms with van der Waals surface area (Å²) in [7, 11) is 0. The number of rotatable bonds is 4. The topological polar surface area (TPSA) is 108 Å². The number of hydrogen-bond donors (Lipinski definition) is 3. The lowest BCUT2D eigenvalue weighted by atomic mass is 10.1. The largest absolute Gasteiger partial charge is 0.505 e. The molecule has 0 aromatic carbocycles. The highest BCUT2D eigenvalue weighted by Gasteiger charge is 2.23. The van der Waals surface area contributed by atoms with Crippen molar-refractivity contribution in [3.05, 3.63) is 23.0 Å². The van der Waals surface area contributed by atoms with Crippen LogP contribution >= 0.6 is 0 Å². The fraction of sp³-hybridized carbons (Fsp3) is 0.300. The van der Waals surface area contributed by atoms with Crippen LogP contribution in [0, 0.1) is 0 Å². The molecule has 6 nitrogen and oxygen atoms in total. The zero-order valence-electron chi connectivity index (χ0n) is 8.60. The molecule has 3 N–H and O–H groups in total. The van der Waals surface area contributed by atoms with Crippen molar-refractivity contribution in [1.82, 2.24) is 4.98 Å². The number of aromatic hydroxyl groups is 1. The van der Waals surface area contributed by atoms with E-state index in [0.717, 1.165) is 6.20 Å². The van der Waals surface area contributed by atoms with Gasteiger partial charge in [0.2, 0.25) is 0 Å². The van der Waals surface area contributed by atoms with E-state index in [-0.39, 0.29) is 5.69 Å². The third-order valence-corrected chi connectivity index (χ3v) is 2.06. The van der Waals surface area contributed by atoms with Crippen LogP contribution in [0.5, 0.6) is 5.75 Å². The Kier molecular flexibility index (Phi) is 3.44. The van der Waals surface area contributed by atoms with E-state index in [2.05, 4.69) is 4.98 Å². The van der Waals surface area contributed by atoms with Gasteiger partial charge in [-0.15, -0.1) is 0 Å². The first-order chi connectivity index (χ1) is 7.49. The molecular formula is C10H11NO5. The number of carboxylic acid groups (broad SMARTS) is 2. The molecule has 0 aliphatic carbocycles. The van der Waals surface area contributed by atoms with E-state index < -0.39 is 28.8 Å². The molecule has 1 rings (SSSR count). The number of aromatic nitrogens is 1. The predicted molar refractivity (Wildman–Crippen MR) is 53.8 cm³/mol. The summed E-state index contributed by atoms with van der Waals surface area (Å²) in [5.41, 5.74) is -0.916. The molecule has 0 radical (unpaired) electrons. The fourth-order valence-electron chi connectivity index (χ4n) is 1.34. The molecule has 0 saturated carbocycles. The summed E-state index contributed by atoms with van der Waals surface area (Å²) in [5.74, 6) is -3.47. The summed E-state index contributed by atoms with van der Waals surface area (Å²) in [6.45, 7) is 1.84. The van der Waals surface area contributed by atoms with E-state index in [0.29, 0.717) is 12.8 Å². The summed E-state index contributed by atoms with van der Waals surface area (Å²) < 4.78 is 0. The normalized spacial score (nSPS) is 10.1. The van der Waals surface area contributed by atoms with Crippen LogP contribution in [0.1, 0.15) is 39.8 Å². The molecule has 16 heavy (non-hydrogen) atoms. The van der Waals surface area contributed by atoms with Crippen molar-refractivity contribution in [3.8, 4) is 5.75 Å². The van der Waals surface area contributed by atoms with Gasteiger partial charge in [-0.1, -0.05) is 13.3 Å². The number of aromatic carboxylic acids is 2. The van der Waals surface area contributed by atoms with Gasteiger partial charge in [-0.3, -0.25) is 4.98 Å².